The quantitative estimate of drug-likeness (QED) is 0.833. The Hall–Kier alpha value is -1.34. The van der Waals surface area contributed by atoms with E-state index < -0.39 is 5.91 Å². The zero-order valence-corrected chi connectivity index (χ0v) is 13.3. The van der Waals surface area contributed by atoms with Crippen molar-refractivity contribution in [1.29, 1.82) is 0 Å². The SMILES string of the molecule is O=C(NCC(=O)N1CCCC(CCO)C1)c1ccc(Br)o1. The van der Waals surface area contributed by atoms with Gasteiger partial charge < -0.3 is 19.7 Å². The average Bonchev–Trinajstić information content (AvgIpc) is 2.92. The summed E-state index contributed by atoms with van der Waals surface area (Å²) < 4.78 is 5.60. The lowest BCUT2D eigenvalue weighted by Gasteiger charge is -2.32. The molecule has 1 atom stereocenters. The third-order valence-corrected chi connectivity index (χ3v) is 4.03. The Morgan fingerprint density at radius 1 is 1.48 bits per heavy atom. The van der Waals surface area contributed by atoms with Gasteiger partial charge >= 0.3 is 0 Å². The van der Waals surface area contributed by atoms with Crippen LogP contribution < -0.4 is 5.32 Å². The van der Waals surface area contributed by atoms with Gasteiger partial charge in [-0.25, -0.2) is 0 Å². The summed E-state index contributed by atoms with van der Waals surface area (Å²) in [5.74, 6) is 0.0190. The van der Waals surface area contributed by atoms with Crippen LogP contribution in [0.1, 0.15) is 29.8 Å². The number of aliphatic hydroxyl groups is 1. The number of hydrogen-bond acceptors (Lipinski definition) is 4. The van der Waals surface area contributed by atoms with Gasteiger partial charge in [0.2, 0.25) is 5.91 Å². The molecule has 2 heterocycles. The molecule has 0 aliphatic carbocycles. The number of carbonyl (C=O) groups is 2. The highest BCUT2D eigenvalue weighted by Gasteiger charge is 2.23. The van der Waals surface area contributed by atoms with E-state index in [9.17, 15) is 9.59 Å². The van der Waals surface area contributed by atoms with Crippen LogP contribution in [-0.2, 0) is 4.79 Å². The predicted molar refractivity (Wildman–Crippen MR) is 79.7 cm³/mol. The van der Waals surface area contributed by atoms with Crippen LogP contribution in [0, 0.1) is 5.92 Å². The standard InChI is InChI=1S/C14H19BrN2O4/c15-12-4-3-11(21-12)14(20)16-8-13(19)17-6-1-2-10(9-17)5-7-18/h3-4,10,18H,1-2,5-9H2,(H,16,20). The van der Waals surface area contributed by atoms with Gasteiger partial charge in [-0.15, -0.1) is 0 Å². The number of amides is 2. The lowest BCUT2D eigenvalue weighted by atomic mass is 9.95. The van der Waals surface area contributed by atoms with E-state index in [-0.39, 0.29) is 24.8 Å². The Labute approximate surface area is 131 Å². The molecule has 0 saturated carbocycles. The fourth-order valence-corrected chi connectivity index (χ4v) is 2.81. The number of carbonyl (C=O) groups excluding carboxylic acids is 2. The Balaban J connectivity index is 1.80. The summed E-state index contributed by atoms with van der Waals surface area (Å²) >= 11 is 3.12. The number of hydrogen-bond donors (Lipinski definition) is 2. The van der Waals surface area contributed by atoms with Gasteiger partial charge in [0, 0.05) is 19.7 Å². The van der Waals surface area contributed by atoms with E-state index in [4.69, 9.17) is 9.52 Å². The number of likely N-dealkylation sites (tertiary alicyclic amines) is 1. The summed E-state index contributed by atoms with van der Waals surface area (Å²) in [6.45, 7) is 1.48. The fourth-order valence-electron chi connectivity index (χ4n) is 2.50. The van der Waals surface area contributed by atoms with Crippen molar-refractivity contribution in [3.63, 3.8) is 0 Å². The Morgan fingerprint density at radius 3 is 2.95 bits per heavy atom. The summed E-state index contributed by atoms with van der Waals surface area (Å²) in [4.78, 5) is 25.6. The molecule has 1 unspecified atom stereocenters. The second kappa shape index (κ2) is 7.61. The highest BCUT2D eigenvalue weighted by molar-refractivity contribution is 9.10. The summed E-state index contributed by atoms with van der Waals surface area (Å²) in [7, 11) is 0. The molecule has 6 nitrogen and oxygen atoms in total. The van der Waals surface area contributed by atoms with E-state index in [0.717, 1.165) is 19.3 Å². The number of nitrogens with zero attached hydrogens (tertiary/aromatic N) is 1. The normalized spacial score (nSPS) is 18.6. The van der Waals surface area contributed by atoms with E-state index in [0.29, 0.717) is 23.7 Å². The number of furan rings is 1. The largest absolute Gasteiger partial charge is 0.444 e. The smallest absolute Gasteiger partial charge is 0.287 e. The molecule has 1 aliphatic heterocycles. The van der Waals surface area contributed by atoms with E-state index in [1.165, 1.54) is 0 Å². The van der Waals surface area contributed by atoms with Crippen LogP contribution in [-0.4, -0.2) is 48.1 Å². The Bertz CT molecular complexity index is 501. The third-order valence-electron chi connectivity index (χ3n) is 3.61. The lowest BCUT2D eigenvalue weighted by molar-refractivity contribution is -0.132. The topological polar surface area (TPSA) is 82.8 Å². The number of rotatable bonds is 5. The maximum atomic E-state index is 12.1. The molecular formula is C14H19BrN2O4. The first-order chi connectivity index (χ1) is 10.1. The monoisotopic (exact) mass is 358 g/mol. The first-order valence-corrected chi connectivity index (χ1v) is 7.81. The minimum absolute atomic E-state index is 0.0387. The van der Waals surface area contributed by atoms with Crippen molar-refractivity contribution in [2.24, 2.45) is 5.92 Å². The highest BCUT2D eigenvalue weighted by Crippen LogP contribution is 2.19. The molecule has 1 aliphatic rings. The molecule has 0 aromatic carbocycles. The Morgan fingerprint density at radius 2 is 2.29 bits per heavy atom. The molecule has 0 radical (unpaired) electrons. The molecule has 2 amide bonds. The molecule has 1 fully saturated rings. The van der Waals surface area contributed by atoms with Crippen molar-refractivity contribution in [2.75, 3.05) is 26.2 Å². The van der Waals surface area contributed by atoms with Gasteiger partial charge in [-0.2, -0.15) is 0 Å². The zero-order valence-electron chi connectivity index (χ0n) is 11.7. The molecule has 2 N–H and O–H groups in total. The number of piperidine rings is 1. The highest BCUT2D eigenvalue weighted by atomic mass is 79.9. The van der Waals surface area contributed by atoms with Crippen LogP contribution in [0.4, 0.5) is 0 Å². The van der Waals surface area contributed by atoms with Crippen LogP contribution in [0.3, 0.4) is 0 Å². The van der Waals surface area contributed by atoms with E-state index >= 15 is 0 Å². The van der Waals surface area contributed by atoms with Crippen LogP contribution in [0.15, 0.2) is 21.2 Å². The van der Waals surface area contributed by atoms with Crippen LogP contribution >= 0.6 is 15.9 Å². The van der Waals surface area contributed by atoms with Crippen LogP contribution in [0.25, 0.3) is 0 Å². The van der Waals surface area contributed by atoms with Crippen molar-refractivity contribution < 1.29 is 19.1 Å². The minimum atomic E-state index is -0.405. The van der Waals surface area contributed by atoms with Crippen molar-refractivity contribution in [1.82, 2.24) is 10.2 Å². The molecule has 0 bridgehead atoms. The van der Waals surface area contributed by atoms with Crippen LogP contribution in [0.5, 0.6) is 0 Å². The summed E-state index contributed by atoms with van der Waals surface area (Å²) in [5, 5.41) is 11.5. The summed E-state index contributed by atoms with van der Waals surface area (Å²) in [6, 6.07) is 3.17. The van der Waals surface area contributed by atoms with Crippen molar-refractivity contribution >= 4 is 27.7 Å². The van der Waals surface area contributed by atoms with Gasteiger partial charge in [0.1, 0.15) is 0 Å². The van der Waals surface area contributed by atoms with E-state index in [2.05, 4.69) is 21.2 Å². The minimum Gasteiger partial charge on any atom is -0.444 e. The van der Waals surface area contributed by atoms with Gasteiger partial charge in [-0.1, -0.05) is 0 Å². The molecule has 1 aromatic rings. The maximum Gasteiger partial charge on any atom is 0.287 e. The molecule has 2 rings (SSSR count). The average molecular weight is 359 g/mol. The van der Waals surface area contributed by atoms with E-state index in [1.807, 2.05) is 0 Å². The third kappa shape index (κ3) is 4.57. The second-order valence-corrected chi connectivity index (χ2v) is 5.93. The predicted octanol–water partition coefficient (Wildman–Crippen LogP) is 1.39. The van der Waals surface area contributed by atoms with Crippen molar-refractivity contribution in [2.45, 2.75) is 19.3 Å². The van der Waals surface area contributed by atoms with E-state index in [1.54, 1.807) is 17.0 Å². The fraction of sp³-hybridized carbons (Fsp3) is 0.571. The molecule has 7 heteroatoms. The first-order valence-electron chi connectivity index (χ1n) is 7.02. The molecule has 1 aromatic heterocycles. The summed E-state index contributed by atoms with van der Waals surface area (Å²) in [5.41, 5.74) is 0. The van der Waals surface area contributed by atoms with Gasteiger partial charge in [0.05, 0.1) is 6.54 Å². The molecule has 116 valence electrons. The van der Waals surface area contributed by atoms with Crippen LogP contribution in [0.2, 0.25) is 0 Å². The van der Waals surface area contributed by atoms with Crippen molar-refractivity contribution in [3.05, 3.63) is 22.6 Å². The lowest BCUT2D eigenvalue weighted by Crippen LogP contribution is -2.45. The maximum absolute atomic E-state index is 12.1. The van der Waals surface area contributed by atoms with Gasteiger partial charge in [-0.3, -0.25) is 9.59 Å². The number of nitrogens with one attached hydrogen (secondary N) is 1. The zero-order chi connectivity index (χ0) is 15.2. The van der Waals surface area contributed by atoms with Gasteiger partial charge in [0.25, 0.3) is 5.91 Å². The summed E-state index contributed by atoms with van der Waals surface area (Å²) in [6.07, 6.45) is 2.70. The van der Waals surface area contributed by atoms with Gasteiger partial charge in [-0.05, 0) is 53.2 Å². The molecule has 21 heavy (non-hydrogen) atoms. The number of aliphatic hydroxyl groups excluding tert-OH is 1. The van der Waals surface area contributed by atoms with Crippen molar-refractivity contribution in [3.8, 4) is 0 Å². The number of halogens is 1. The molecule has 0 spiro atoms. The Kier molecular flexibility index (Phi) is 5.81. The first kappa shape index (κ1) is 16.0. The molecular weight excluding hydrogens is 340 g/mol. The second-order valence-electron chi connectivity index (χ2n) is 5.15. The molecule has 1 saturated heterocycles. The van der Waals surface area contributed by atoms with Gasteiger partial charge in [0.15, 0.2) is 10.4 Å².